The predicted molar refractivity (Wildman–Crippen MR) is 96.1 cm³/mol. The Bertz CT molecular complexity index is 814. The third kappa shape index (κ3) is 3.75. The second-order valence-corrected chi connectivity index (χ2v) is 7.96. The van der Waals surface area contributed by atoms with Crippen molar-refractivity contribution in [2.75, 3.05) is 11.4 Å². The minimum atomic E-state index is -2.06. The molecule has 5 nitrogen and oxygen atoms in total. The minimum absolute atomic E-state index is 0.0572. The van der Waals surface area contributed by atoms with Crippen LogP contribution in [0.1, 0.15) is 22.5 Å². The van der Waals surface area contributed by atoms with E-state index in [9.17, 15) is 9.59 Å². The number of carbonyl (C=O) groups is 2. The average Bonchev–Trinajstić information content (AvgIpc) is 3.10. The Morgan fingerprint density at radius 1 is 1.20 bits per heavy atom. The third-order valence-corrected chi connectivity index (χ3v) is 4.59. The van der Waals surface area contributed by atoms with E-state index in [4.69, 9.17) is 55.6 Å². The van der Waals surface area contributed by atoms with Gasteiger partial charge in [0.1, 0.15) is 5.75 Å². The number of halogens is 4. The van der Waals surface area contributed by atoms with Crippen LogP contribution < -0.4 is 9.64 Å². The van der Waals surface area contributed by atoms with Gasteiger partial charge in [0.2, 0.25) is 5.76 Å². The maximum absolute atomic E-state index is 12.3. The van der Waals surface area contributed by atoms with Crippen molar-refractivity contribution in [3.63, 3.8) is 0 Å². The molecule has 0 aliphatic carbocycles. The summed E-state index contributed by atoms with van der Waals surface area (Å²) in [6, 6.07) is 6.16. The van der Waals surface area contributed by atoms with Gasteiger partial charge < -0.3 is 14.1 Å². The lowest BCUT2D eigenvalue weighted by Crippen LogP contribution is -2.42. The van der Waals surface area contributed by atoms with E-state index in [2.05, 4.69) is 0 Å². The molecular weight excluding hydrogens is 412 g/mol. The smallest absolute Gasteiger partial charge is 0.379 e. The molecule has 132 valence electrons. The lowest BCUT2D eigenvalue weighted by molar-refractivity contribution is -0.117. The van der Waals surface area contributed by atoms with Crippen molar-refractivity contribution < 1.29 is 18.7 Å². The standard InChI is InChI=1S/C16H11Cl4NO4/c17-13-9-3-1-7-21(15(23)16(18,19)20)10(9)5-6-11(13)25-14(22)12-4-2-8-24-12/h2,4-6,8H,1,3,7H2. The number of fused-ring (bicyclic) bond motifs is 1. The van der Waals surface area contributed by atoms with E-state index in [1.54, 1.807) is 12.1 Å². The molecule has 0 N–H and O–H groups in total. The second-order valence-electron chi connectivity index (χ2n) is 5.30. The molecular formula is C16H11Cl4NO4. The van der Waals surface area contributed by atoms with Gasteiger partial charge in [-0.1, -0.05) is 46.4 Å². The topological polar surface area (TPSA) is 59.8 Å². The fourth-order valence-electron chi connectivity index (χ4n) is 2.60. The third-order valence-electron chi connectivity index (χ3n) is 3.70. The van der Waals surface area contributed by atoms with E-state index in [1.807, 2.05) is 0 Å². The van der Waals surface area contributed by atoms with Crippen LogP contribution in [0.2, 0.25) is 5.02 Å². The Kier molecular flexibility index (Phi) is 5.21. The van der Waals surface area contributed by atoms with Crippen molar-refractivity contribution in [2.45, 2.75) is 16.6 Å². The van der Waals surface area contributed by atoms with Gasteiger partial charge in [0.25, 0.3) is 9.70 Å². The van der Waals surface area contributed by atoms with E-state index in [0.29, 0.717) is 30.6 Å². The zero-order chi connectivity index (χ0) is 18.2. The van der Waals surface area contributed by atoms with E-state index in [-0.39, 0.29) is 16.5 Å². The van der Waals surface area contributed by atoms with Gasteiger partial charge in [-0.3, -0.25) is 4.79 Å². The molecule has 1 amide bonds. The molecule has 1 aromatic heterocycles. The molecule has 0 saturated heterocycles. The summed E-state index contributed by atoms with van der Waals surface area (Å²) >= 11 is 23.5. The number of esters is 1. The molecule has 0 fully saturated rings. The Labute approximate surface area is 163 Å². The number of anilines is 1. The lowest BCUT2D eigenvalue weighted by Gasteiger charge is -2.32. The fourth-order valence-corrected chi connectivity index (χ4v) is 3.20. The number of alkyl halides is 3. The SMILES string of the molecule is O=C(Oc1ccc2c(c1Cl)CCCN2C(=O)C(Cl)(Cl)Cl)c1ccco1. The number of nitrogens with zero attached hydrogens (tertiary/aromatic N) is 1. The van der Waals surface area contributed by atoms with Crippen LogP contribution in [0.5, 0.6) is 5.75 Å². The van der Waals surface area contributed by atoms with Crippen molar-refractivity contribution >= 4 is 64.0 Å². The van der Waals surface area contributed by atoms with Crippen molar-refractivity contribution in [3.05, 3.63) is 46.9 Å². The fraction of sp³-hybridized carbons (Fsp3) is 0.250. The van der Waals surface area contributed by atoms with Gasteiger partial charge in [0.05, 0.1) is 11.3 Å². The van der Waals surface area contributed by atoms with Gasteiger partial charge in [-0.2, -0.15) is 0 Å². The molecule has 3 rings (SSSR count). The summed E-state index contributed by atoms with van der Waals surface area (Å²) in [5, 5.41) is 0.235. The summed E-state index contributed by atoms with van der Waals surface area (Å²) in [4.78, 5) is 25.7. The largest absolute Gasteiger partial charge is 0.457 e. The number of benzene rings is 1. The Hall–Kier alpha value is -1.40. The summed E-state index contributed by atoms with van der Waals surface area (Å²) in [6.07, 6.45) is 2.60. The molecule has 0 unspecified atom stereocenters. The maximum atomic E-state index is 12.3. The van der Waals surface area contributed by atoms with Crippen LogP contribution in [0.3, 0.4) is 0 Å². The number of furan rings is 1. The molecule has 2 aromatic rings. The van der Waals surface area contributed by atoms with Crippen molar-refractivity contribution in [3.8, 4) is 5.75 Å². The number of hydrogen-bond donors (Lipinski definition) is 0. The van der Waals surface area contributed by atoms with Crippen molar-refractivity contribution in [2.24, 2.45) is 0 Å². The number of carbonyl (C=O) groups excluding carboxylic acids is 2. The van der Waals surface area contributed by atoms with Crippen molar-refractivity contribution in [1.82, 2.24) is 0 Å². The average molecular weight is 423 g/mol. The molecule has 25 heavy (non-hydrogen) atoms. The first kappa shape index (κ1) is 18.4. The van der Waals surface area contributed by atoms with Gasteiger partial charge in [0.15, 0.2) is 0 Å². The zero-order valence-electron chi connectivity index (χ0n) is 12.6. The van der Waals surface area contributed by atoms with E-state index >= 15 is 0 Å². The Balaban J connectivity index is 1.91. The van der Waals surface area contributed by atoms with E-state index < -0.39 is 15.7 Å². The monoisotopic (exact) mass is 421 g/mol. The maximum Gasteiger partial charge on any atom is 0.379 e. The van der Waals surface area contributed by atoms with Gasteiger partial charge >= 0.3 is 5.97 Å². The molecule has 0 bridgehead atoms. The summed E-state index contributed by atoms with van der Waals surface area (Å²) in [5.74, 6) is -1.10. The zero-order valence-corrected chi connectivity index (χ0v) is 15.6. The number of hydrogen-bond acceptors (Lipinski definition) is 4. The highest BCUT2D eigenvalue weighted by atomic mass is 35.6. The van der Waals surface area contributed by atoms with Crippen LogP contribution in [0.4, 0.5) is 5.69 Å². The first-order chi connectivity index (χ1) is 11.8. The lowest BCUT2D eigenvalue weighted by atomic mass is 10.0. The van der Waals surface area contributed by atoms with Crippen LogP contribution in [0.25, 0.3) is 0 Å². The van der Waals surface area contributed by atoms with Gasteiger partial charge in [-0.05, 0) is 42.7 Å². The second kappa shape index (κ2) is 7.08. The number of rotatable bonds is 2. The molecule has 0 atom stereocenters. The van der Waals surface area contributed by atoms with Crippen molar-refractivity contribution in [1.29, 1.82) is 0 Å². The van der Waals surface area contributed by atoms with Gasteiger partial charge in [-0.25, -0.2) is 4.79 Å². The Morgan fingerprint density at radius 2 is 1.96 bits per heavy atom. The molecule has 1 aromatic carbocycles. The van der Waals surface area contributed by atoms with Crippen LogP contribution in [0, 0.1) is 0 Å². The van der Waals surface area contributed by atoms with Gasteiger partial charge in [0, 0.05) is 12.2 Å². The summed E-state index contributed by atoms with van der Waals surface area (Å²) in [5.41, 5.74) is 1.19. The van der Waals surface area contributed by atoms with E-state index in [1.165, 1.54) is 23.3 Å². The highest BCUT2D eigenvalue weighted by molar-refractivity contribution is 6.77. The molecule has 1 aliphatic heterocycles. The van der Waals surface area contributed by atoms with Crippen LogP contribution >= 0.6 is 46.4 Å². The van der Waals surface area contributed by atoms with Crippen LogP contribution in [-0.2, 0) is 11.2 Å². The first-order valence-electron chi connectivity index (χ1n) is 7.25. The number of ether oxygens (including phenoxy) is 1. The quantitative estimate of drug-likeness (QED) is 0.396. The summed E-state index contributed by atoms with van der Waals surface area (Å²) < 4.78 is 8.20. The van der Waals surface area contributed by atoms with Crippen LogP contribution in [0.15, 0.2) is 34.9 Å². The first-order valence-corrected chi connectivity index (χ1v) is 8.76. The summed E-state index contributed by atoms with van der Waals surface area (Å²) in [7, 11) is 0. The molecule has 0 spiro atoms. The van der Waals surface area contributed by atoms with Crippen LogP contribution in [-0.4, -0.2) is 22.2 Å². The normalized spacial score (nSPS) is 14.2. The highest BCUT2D eigenvalue weighted by Gasteiger charge is 2.38. The predicted octanol–water partition coefficient (Wildman–Crippen LogP) is 4.80. The van der Waals surface area contributed by atoms with Gasteiger partial charge in [-0.15, -0.1) is 0 Å². The molecule has 0 radical (unpaired) electrons. The highest BCUT2D eigenvalue weighted by Crippen LogP contribution is 2.41. The Morgan fingerprint density at radius 3 is 2.60 bits per heavy atom. The van der Waals surface area contributed by atoms with E-state index in [0.717, 1.165) is 0 Å². The molecule has 1 aliphatic rings. The molecule has 0 saturated carbocycles. The molecule has 9 heteroatoms. The minimum Gasteiger partial charge on any atom is -0.457 e. The number of amides is 1. The summed E-state index contributed by atoms with van der Waals surface area (Å²) in [6.45, 7) is 0.404. The molecule has 2 heterocycles.